The molecule has 1 amide bonds. The molecule has 18 heavy (non-hydrogen) atoms. The summed E-state index contributed by atoms with van der Waals surface area (Å²) >= 11 is 0. The van der Waals surface area contributed by atoms with E-state index in [2.05, 4.69) is 15.4 Å². The zero-order valence-electron chi connectivity index (χ0n) is 11.1. The van der Waals surface area contributed by atoms with Crippen molar-refractivity contribution in [3.05, 3.63) is 6.33 Å². The normalized spacial score (nSPS) is 12.7. The lowest BCUT2D eigenvalue weighted by molar-refractivity contribution is -0.123. The maximum atomic E-state index is 11.8. The van der Waals surface area contributed by atoms with Crippen LogP contribution in [0, 0.1) is 5.92 Å². The Bertz CT molecular complexity index is 377. The number of aromatic nitrogens is 3. The average molecular weight is 255 g/mol. The van der Waals surface area contributed by atoms with Gasteiger partial charge >= 0.3 is 0 Å². The second kappa shape index (κ2) is 6.95. The van der Waals surface area contributed by atoms with E-state index in [-0.39, 0.29) is 24.4 Å². The third kappa shape index (κ3) is 4.70. The second-order valence-corrected chi connectivity index (χ2v) is 4.38. The second-order valence-electron chi connectivity index (χ2n) is 4.38. The standard InChI is InChI=1S/C11H21N5O2/c1-4-18-6-9(8(2)3)14-10(17)5-16-7-13-11(12)15-16/h7-9H,4-6H2,1-3H3,(H2,12,15)(H,14,17). The molecule has 1 rings (SSSR count). The van der Waals surface area contributed by atoms with Crippen molar-refractivity contribution in [3.8, 4) is 0 Å². The topological polar surface area (TPSA) is 95.1 Å². The molecule has 0 spiro atoms. The van der Waals surface area contributed by atoms with Gasteiger partial charge in [-0.25, -0.2) is 9.67 Å². The van der Waals surface area contributed by atoms with Gasteiger partial charge in [0.2, 0.25) is 11.9 Å². The smallest absolute Gasteiger partial charge is 0.242 e. The summed E-state index contributed by atoms with van der Waals surface area (Å²) in [6, 6.07) is -0.00156. The Balaban J connectivity index is 2.45. The van der Waals surface area contributed by atoms with E-state index in [1.54, 1.807) is 0 Å². The number of nitrogens with zero attached hydrogens (tertiary/aromatic N) is 3. The highest BCUT2D eigenvalue weighted by molar-refractivity contribution is 5.76. The van der Waals surface area contributed by atoms with E-state index >= 15 is 0 Å². The van der Waals surface area contributed by atoms with Crippen molar-refractivity contribution < 1.29 is 9.53 Å². The zero-order valence-corrected chi connectivity index (χ0v) is 11.1. The molecule has 0 saturated carbocycles. The molecule has 7 heteroatoms. The number of anilines is 1. The Morgan fingerprint density at radius 2 is 2.33 bits per heavy atom. The SMILES string of the molecule is CCOCC(NC(=O)Cn1cnc(N)n1)C(C)C. The van der Waals surface area contributed by atoms with Gasteiger partial charge in [0, 0.05) is 6.61 Å². The minimum absolute atomic E-state index is 0.00156. The number of hydrogen-bond donors (Lipinski definition) is 2. The molecule has 0 aliphatic carbocycles. The minimum Gasteiger partial charge on any atom is -0.380 e. The molecule has 0 fully saturated rings. The van der Waals surface area contributed by atoms with Crippen LogP contribution in [0.5, 0.6) is 0 Å². The van der Waals surface area contributed by atoms with E-state index < -0.39 is 0 Å². The number of carbonyl (C=O) groups excluding carboxylic acids is 1. The van der Waals surface area contributed by atoms with Gasteiger partial charge in [0.15, 0.2) is 0 Å². The van der Waals surface area contributed by atoms with Gasteiger partial charge in [-0.1, -0.05) is 13.8 Å². The summed E-state index contributed by atoms with van der Waals surface area (Å²) in [5.41, 5.74) is 5.37. The Kier molecular flexibility index (Phi) is 5.57. The van der Waals surface area contributed by atoms with Crippen LogP contribution in [0.1, 0.15) is 20.8 Å². The monoisotopic (exact) mass is 255 g/mol. The fraction of sp³-hybridized carbons (Fsp3) is 0.727. The lowest BCUT2D eigenvalue weighted by Gasteiger charge is -2.22. The average Bonchev–Trinajstić information content (AvgIpc) is 2.69. The molecule has 0 aliphatic heterocycles. The summed E-state index contributed by atoms with van der Waals surface area (Å²) < 4.78 is 6.75. The summed E-state index contributed by atoms with van der Waals surface area (Å²) in [6.45, 7) is 7.27. The van der Waals surface area contributed by atoms with Gasteiger partial charge in [0.25, 0.3) is 0 Å². The highest BCUT2D eigenvalue weighted by atomic mass is 16.5. The number of nitrogen functional groups attached to an aromatic ring is 1. The van der Waals surface area contributed by atoms with Crippen molar-refractivity contribution in [3.63, 3.8) is 0 Å². The number of nitrogens with two attached hydrogens (primary N) is 1. The highest BCUT2D eigenvalue weighted by Gasteiger charge is 2.16. The van der Waals surface area contributed by atoms with E-state index in [9.17, 15) is 4.79 Å². The molecule has 7 nitrogen and oxygen atoms in total. The molecule has 0 aliphatic rings. The summed E-state index contributed by atoms with van der Waals surface area (Å²) in [4.78, 5) is 15.6. The molecule has 0 bridgehead atoms. The van der Waals surface area contributed by atoms with Crippen LogP contribution in [-0.2, 0) is 16.1 Å². The van der Waals surface area contributed by atoms with E-state index in [1.807, 2.05) is 20.8 Å². The predicted molar refractivity (Wildman–Crippen MR) is 67.7 cm³/mol. The molecule has 102 valence electrons. The fourth-order valence-electron chi connectivity index (χ4n) is 1.43. The quantitative estimate of drug-likeness (QED) is 0.717. The lowest BCUT2D eigenvalue weighted by Crippen LogP contribution is -2.43. The van der Waals surface area contributed by atoms with Crippen LogP contribution in [0.4, 0.5) is 5.95 Å². The molecule has 1 heterocycles. The molecular formula is C11H21N5O2. The van der Waals surface area contributed by atoms with Crippen molar-refractivity contribution in [1.82, 2.24) is 20.1 Å². The molecular weight excluding hydrogens is 234 g/mol. The van der Waals surface area contributed by atoms with Crippen LogP contribution in [0.25, 0.3) is 0 Å². The Hall–Kier alpha value is -1.63. The van der Waals surface area contributed by atoms with Gasteiger partial charge in [0.1, 0.15) is 12.9 Å². The largest absolute Gasteiger partial charge is 0.380 e. The molecule has 1 aromatic rings. The number of nitrogens with one attached hydrogen (secondary N) is 1. The van der Waals surface area contributed by atoms with E-state index in [4.69, 9.17) is 10.5 Å². The van der Waals surface area contributed by atoms with E-state index in [0.717, 1.165) is 0 Å². The zero-order chi connectivity index (χ0) is 13.5. The van der Waals surface area contributed by atoms with Gasteiger partial charge in [-0.2, -0.15) is 0 Å². The van der Waals surface area contributed by atoms with Crippen LogP contribution in [-0.4, -0.2) is 39.9 Å². The first-order valence-corrected chi connectivity index (χ1v) is 6.05. The molecule has 0 aromatic carbocycles. The molecule has 1 aromatic heterocycles. The lowest BCUT2D eigenvalue weighted by atomic mass is 10.1. The summed E-state index contributed by atoms with van der Waals surface area (Å²) in [5, 5.41) is 6.77. The highest BCUT2D eigenvalue weighted by Crippen LogP contribution is 2.02. The first kappa shape index (κ1) is 14.4. The maximum absolute atomic E-state index is 11.8. The van der Waals surface area contributed by atoms with E-state index in [0.29, 0.717) is 19.1 Å². The summed E-state index contributed by atoms with van der Waals surface area (Å²) in [5.74, 6) is 0.345. The maximum Gasteiger partial charge on any atom is 0.242 e. The van der Waals surface area contributed by atoms with Crippen LogP contribution in [0.2, 0.25) is 0 Å². The van der Waals surface area contributed by atoms with Gasteiger partial charge in [-0.3, -0.25) is 4.79 Å². The minimum atomic E-state index is -0.127. The molecule has 0 saturated heterocycles. The Labute approximate surface area is 107 Å². The number of ether oxygens (including phenoxy) is 1. The summed E-state index contributed by atoms with van der Waals surface area (Å²) in [7, 11) is 0. The molecule has 0 radical (unpaired) electrons. The third-order valence-corrected chi connectivity index (χ3v) is 2.51. The number of hydrogen-bond acceptors (Lipinski definition) is 5. The third-order valence-electron chi connectivity index (χ3n) is 2.51. The van der Waals surface area contributed by atoms with Crippen LogP contribution in [0.3, 0.4) is 0 Å². The van der Waals surface area contributed by atoms with Crippen LogP contribution < -0.4 is 11.1 Å². The van der Waals surface area contributed by atoms with Crippen molar-refractivity contribution in [2.45, 2.75) is 33.4 Å². The van der Waals surface area contributed by atoms with Crippen LogP contribution in [0.15, 0.2) is 6.33 Å². The van der Waals surface area contributed by atoms with Gasteiger partial charge < -0.3 is 15.8 Å². The molecule has 1 unspecified atom stereocenters. The first-order valence-electron chi connectivity index (χ1n) is 6.05. The van der Waals surface area contributed by atoms with Crippen molar-refractivity contribution in [2.75, 3.05) is 18.9 Å². The number of rotatable bonds is 7. The Morgan fingerprint density at radius 3 is 2.83 bits per heavy atom. The first-order chi connectivity index (χ1) is 8.52. The molecule has 3 N–H and O–H groups in total. The Morgan fingerprint density at radius 1 is 1.61 bits per heavy atom. The van der Waals surface area contributed by atoms with Crippen molar-refractivity contribution in [2.24, 2.45) is 5.92 Å². The van der Waals surface area contributed by atoms with Crippen molar-refractivity contribution >= 4 is 11.9 Å². The summed E-state index contributed by atoms with van der Waals surface area (Å²) in [6.07, 6.45) is 1.43. The van der Waals surface area contributed by atoms with E-state index in [1.165, 1.54) is 11.0 Å². The fourth-order valence-corrected chi connectivity index (χ4v) is 1.43. The molecule has 1 atom stereocenters. The number of amides is 1. The van der Waals surface area contributed by atoms with Gasteiger partial charge in [-0.15, -0.1) is 5.10 Å². The van der Waals surface area contributed by atoms with Crippen molar-refractivity contribution in [1.29, 1.82) is 0 Å². The van der Waals surface area contributed by atoms with Crippen LogP contribution >= 0.6 is 0 Å². The van der Waals surface area contributed by atoms with Gasteiger partial charge in [-0.05, 0) is 12.8 Å². The number of carbonyl (C=O) groups is 1. The van der Waals surface area contributed by atoms with Gasteiger partial charge in [0.05, 0.1) is 12.6 Å². The predicted octanol–water partition coefficient (Wildman–Crippen LogP) is 0.0376.